The minimum atomic E-state index is -0.386. The van der Waals surface area contributed by atoms with Gasteiger partial charge in [-0.2, -0.15) is 0 Å². The summed E-state index contributed by atoms with van der Waals surface area (Å²) in [5, 5.41) is 0. The molecule has 2 aromatic heterocycles. The van der Waals surface area contributed by atoms with Crippen molar-refractivity contribution in [1.29, 1.82) is 0 Å². The highest BCUT2D eigenvalue weighted by molar-refractivity contribution is 5.89. The van der Waals surface area contributed by atoms with E-state index >= 15 is 0 Å². The number of ether oxygens (including phenoxy) is 4. The minimum absolute atomic E-state index is 0.0619. The lowest BCUT2D eigenvalue weighted by Crippen LogP contribution is -2.56. The second-order valence-electron chi connectivity index (χ2n) is 17.9. The van der Waals surface area contributed by atoms with Crippen LogP contribution in [0.3, 0.4) is 0 Å². The molecule has 14 heteroatoms. The number of hydrogen-bond acceptors (Lipinski definition) is 10. The number of benzene rings is 4. The van der Waals surface area contributed by atoms with Crippen LogP contribution in [0.15, 0.2) is 97.3 Å². The number of amides is 2. The largest absolute Gasteiger partial charge is 0.488 e. The van der Waals surface area contributed by atoms with Crippen molar-refractivity contribution in [3.8, 4) is 45.1 Å². The molecule has 4 aliphatic heterocycles. The summed E-state index contributed by atoms with van der Waals surface area (Å²) < 4.78 is 24.1. The van der Waals surface area contributed by atoms with E-state index < -0.39 is 0 Å². The predicted octanol–water partition coefficient (Wildman–Crippen LogP) is 7.54. The first-order chi connectivity index (χ1) is 32.3. The maximum Gasteiger partial charge on any atom is 0.244 e. The summed E-state index contributed by atoms with van der Waals surface area (Å²) in [6.45, 7) is 9.76. The van der Waals surface area contributed by atoms with Crippen LogP contribution in [0.2, 0.25) is 0 Å². The molecule has 342 valence electrons. The number of nitrogens with one attached hydrogen (secondary N) is 2. The molecule has 6 aromatic rings. The van der Waals surface area contributed by atoms with E-state index in [1.807, 2.05) is 82.9 Å². The molecule has 0 saturated carbocycles. The van der Waals surface area contributed by atoms with Crippen LogP contribution in [0.5, 0.6) is 11.5 Å². The number of methoxy groups -OCH3 is 2. The second-order valence-corrected chi connectivity index (χ2v) is 17.9. The fourth-order valence-corrected chi connectivity index (χ4v) is 9.90. The Labute approximate surface area is 385 Å². The molecule has 0 spiro atoms. The molecule has 10 rings (SSSR count). The maximum absolute atomic E-state index is 14.3. The lowest BCUT2D eigenvalue weighted by molar-refractivity contribution is -0.145. The third-order valence-corrected chi connectivity index (χ3v) is 13.4. The second kappa shape index (κ2) is 18.9. The average Bonchev–Trinajstić information content (AvgIpc) is 4.00. The Morgan fingerprint density at radius 2 is 1.06 bits per heavy atom. The van der Waals surface area contributed by atoms with Crippen molar-refractivity contribution in [2.24, 2.45) is 0 Å². The van der Waals surface area contributed by atoms with Crippen LogP contribution in [0.4, 0.5) is 0 Å². The average molecular weight is 891 g/mol. The molecule has 4 aromatic carbocycles. The number of carbonyl (C=O) groups is 2. The van der Waals surface area contributed by atoms with Gasteiger partial charge in [-0.25, -0.2) is 9.97 Å². The van der Waals surface area contributed by atoms with Crippen LogP contribution < -0.4 is 9.47 Å². The highest BCUT2D eigenvalue weighted by Crippen LogP contribution is 2.51. The van der Waals surface area contributed by atoms with Gasteiger partial charge < -0.3 is 38.7 Å². The first-order valence-electron chi connectivity index (χ1n) is 23.2. The summed E-state index contributed by atoms with van der Waals surface area (Å²) in [5.74, 6) is 3.16. The van der Waals surface area contributed by atoms with E-state index in [0.29, 0.717) is 65.6 Å². The van der Waals surface area contributed by atoms with Gasteiger partial charge in [-0.3, -0.25) is 19.4 Å². The van der Waals surface area contributed by atoms with Crippen LogP contribution in [0, 0.1) is 0 Å². The van der Waals surface area contributed by atoms with Crippen LogP contribution in [-0.4, -0.2) is 117 Å². The highest BCUT2D eigenvalue weighted by atomic mass is 16.5. The fraction of sp³-hybridized carbons (Fsp3) is 0.385. The Bertz CT molecular complexity index is 2440. The number of aromatic amines is 2. The first kappa shape index (κ1) is 43.6. The Balaban J connectivity index is 0.854. The van der Waals surface area contributed by atoms with Crippen molar-refractivity contribution < 1.29 is 28.5 Å². The minimum Gasteiger partial charge on any atom is -0.488 e. The molecule has 2 amide bonds. The number of aromatic nitrogens is 4. The topological polar surface area (TPSA) is 141 Å². The number of rotatable bonds is 18. The van der Waals surface area contributed by atoms with Crippen molar-refractivity contribution in [2.75, 3.05) is 53.5 Å². The van der Waals surface area contributed by atoms with Crippen molar-refractivity contribution in [3.05, 3.63) is 131 Å². The molecule has 14 nitrogen and oxygen atoms in total. The quantitative estimate of drug-likeness (QED) is 0.0890. The number of carbonyl (C=O) groups excluding carboxylic acids is 2. The molecular formula is C52H58N8O6. The van der Waals surface area contributed by atoms with Gasteiger partial charge in [0.25, 0.3) is 0 Å². The van der Waals surface area contributed by atoms with Crippen LogP contribution >= 0.6 is 0 Å². The molecule has 2 atom stereocenters. The van der Waals surface area contributed by atoms with E-state index in [0.717, 1.165) is 91.9 Å². The molecule has 66 heavy (non-hydrogen) atoms. The SMILES string of the molecule is CCCN(Cc1ncc(-c2cc3c4c(c2)OCc2cc(-c5cnc(CN(CCC)C(=O)C(c6ccccc6)N6CC(OC)C6)[nH]5)cc(c2-4)OC3)[nH]1)C(=O)C(c1ccccc1)N1CC(OC)C1. The molecule has 0 bridgehead atoms. The Morgan fingerprint density at radius 1 is 0.652 bits per heavy atom. The third kappa shape index (κ3) is 8.50. The first-order valence-corrected chi connectivity index (χ1v) is 23.2. The monoisotopic (exact) mass is 890 g/mol. The smallest absolute Gasteiger partial charge is 0.244 e. The van der Waals surface area contributed by atoms with Gasteiger partial charge in [0.05, 0.1) is 49.1 Å². The van der Waals surface area contributed by atoms with Gasteiger partial charge in [0.15, 0.2) is 0 Å². The Hall–Kier alpha value is -6.32. The van der Waals surface area contributed by atoms with E-state index in [2.05, 4.69) is 57.9 Å². The normalized spacial score (nSPS) is 16.6. The van der Waals surface area contributed by atoms with Gasteiger partial charge in [-0.1, -0.05) is 74.5 Å². The zero-order valence-electron chi connectivity index (χ0n) is 38.2. The molecule has 2 unspecified atom stereocenters. The molecule has 0 radical (unpaired) electrons. The van der Waals surface area contributed by atoms with Crippen molar-refractivity contribution in [3.63, 3.8) is 0 Å². The van der Waals surface area contributed by atoms with Crippen molar-refractivity contribution in [2.45, 2.75) is 77.3 Å². The summed E-state index contributed by atoms with van der Waals surface area (Å²) in [6.07, 6.45) is 5.59. The Morgan fingerprint density at radius 3 is 1.44 bits per heavy atom. The number of likely N-dealkylation sites (tertiary alicyclic amines) is 2. The van der Waals surface area contributed by atoms with E-state index in [1.165, 1.54) is 0 Å². The Kier molecular flexibility index (Phi) is 12.5. The number of H-pyrrole nitrogens is 2. The molecular weight excluding hydrogens is 833 g/mol. The number of nitrogens with zero attached hydrogens (tertiary/aromatic N) is 6. The lowest BCUT2D eigenvalue weighted by atomic mass is 9.87. The van der Waals surface area contributed by atoms with E-state index in [9.17, 15) is 9.59 Å². The maximum atomic E-state index is 14.3. The van der Waals surface area contributed by atoms with Gasteiger partial charge in [0.2, 0.25) is 11.8 Å². The van der Waals surface area contributed by atoms with Crippen molar-refractivity contribution in [1.82, 2.24) is 39.5 Å². The summed E-state index contributed by atoms with van der Waals surface area (Å²) in [7, 11) is 3.45. The van der Waals surface area contributed by atoms with Crippen LogP contribution in [-0.2, 0) is 45.4 Å². The standard InChI is InChI=1S/C52H58N8O6/c1-5-17-57(51(61)49(33-13-9-7-10-14-33)59-25-39(26-59)63-3)29-45-53-23-41(55-45)35-19-37-31-66-44-22-36(20-38-32-65-43(21-35)47(37)48(38)44)42-24-54-46(56-42)30-58(18-6-2)52(62)50(34-15-11-8-12-16-34)60-27-40(28-60)64-4/h7-16,19-24,39-40,49-50H,5-6,17-18,25-32H2,1-4H3,(H,53,55)(H,54,56). The van der Waals surface area contributed by atoms with Gasteiger partial charge in [0.1, 0.15) is 48.4 Å². The van der Waals surface area contributed by atoms with Crippen LogP contribution in [0.1, 0.15) is 72.7 Å². The van der Waals surface area contributed by atoms with Gasteiger partial charge in [0, 0.05) is 86.9 Å². The molecule has 0 aliphatic carbocycles. The third-order valence-electron chi connectivity index (χ3n) is 13.4. The van der Waals surface area contributed by atoms with Gasteiger partial charge >= 0.3 is 0 Å². The fourth-order valence-electron chi connectivity index (χ4n) is 9.90. The van der Waals surface area contributed by atoms with E-state index in [1.54, 1.807) is 14.2 Å². The summed E-state index contributed by atoms with van der Waals surface area (Å²) in [4.78, 5) is 53.5. The predicted molar refractivity (Wildman–Crippen MR) is 250 cm³/mol. The molecule has 4 aliphatic rings. The molecule has 6 heterocycles. The van der Waals surface area contributed by atoms with Gasteiger partial charge in [-0.05, 0) is 48.2 Å². The van der Waals surface area contributed by atoms with Crippen molar-refractivity contribution >= 4 is 11.8 Å². The molecule has 2 fully saturated rings. The van der Waals surface area contributed by atoms with Crippen LogP contribution in [0.25, 0.3) is 33.6 Å². The number of hydrogen-bond donors (Lipinski definition) is 2. The van der Waals surface area contributed by atoms with Gasteiger partial charge in [-0.15, -0.1) is 0 Å². The van der Waals surface area contributed by atoms with E-state index in [-0.39, 0.29) is 36.1 Å². The zero-order chi connectivity index (χ0) is 45.3. The van der Waals surface area contributed by atoms with E-state index in [4.69, 9.17) is 28.9 Å². The number of imidazole rings is 2. The summed E-state index contributed by atoms with van der Waals surface area (Å²) in [6, 6.07) is 27.7. The highest BCUT2D eigenvalue weighted by Gasteiger charge is 2.41. The summed E-state index contributed by atoms with van der Waals surface area (Å²) in [5.41, 5.74) is 9.70. The molecule has 2 saturated heterocycles. The summed E-state index contributed by atoms with van der Waals surface area (Å²) >= 11 is 0. The zero-order valence-corrected chi connectivity index (χ0v) is 38.2. The lowest BCUT2D eigenvalue weighted by Gasteiger charge is -2.44. The molecule has 2 N–H and O–H groups in total.